The maximum Gasteiger partial charge on any atom is 0.262 e. The molecule has 5 N–H and O–H groups in total. The number of nitrogens with one attached hydrogen (secondary N) is 1. The van der Waals surface area contributed by atoms with Gasteiger partial charge >= 0.3 is 0 Å². The summed E-state index contributed by atoms with van der Waals surface area (Å²) in [6.45, 7) is -0.627. The van der Waals surface area contributed by atoms with Crippen LogP contribution in [0.3, 0.4) is 0 Å². The number of amides is 2. The molecule has 0 aliphatic carbocycles. The highest BCUT2D eigenvalue weighted by atomic mass is 32.2. The van der Waals surface area contributed by atoms with E-state index in [-0.39, 0.29) is 16.2 Å². The lowest BCUT2D eigenvalue weighted by atomic mass is 10.2. The van der Waals surface area contributed by atoms with E-state index in [4.69, 9.17) is 16.2 Å². The fourth-order valence-electron chi connectivity index (χ4n) is 1.27. The Morgan fingerprint density at radius 2 is 1.95 bits per heavy atom. The van der Waals surface area contributed by atoms with Crippen LogP contribution in [0.4, 0.5) is 0 Å². The Kier molecular flexibility index (Phi) is 5.02. The Hall–Kier alpha value is -2.17. The zero-order chi connectivity index (χ0) is 15.3. The minimum Gasteiger partial charge on any atom is -0.496 e. The largest absolute Gasteiger partial charge is 0.496 e. The van der Waals surface area contributed by atoms with Crippen LogP contribution >= 0.6 is 0 Å². The number of hydrogen-bond acceptors (Lipinski definition) is 6. The van der Waals surface area contributed by atoms with Crippen LogP contribution in [-0.4, -0.2) is 33.9 Å². The van der Waals surface area contributed by atoms with E-state index in [0.717, 1.165) is 6.07 Å². The summed E-state index contributed by atoms with van der Waals surface area (Å²) >= 11 is 0. The zero-order valence-corrected chi connectivity index (χ0v) is 11.3. The standard InChI is InChI=1S/C10H13N3O6S/c1-18-8-3-2-6(4-7(8)10(12)15)20(16,17)13-19-5-9(11)14/h2-4,13H,5H2,1H3,(H2,11,14)(H2,12,15). The molecule has 0 saturated heterocycles. The number of hydrogen-bond donors (Lipinski definition) is 3. The van der Waals surface area contributed by atoms with Gasteiger partial charge in [-0.1, -0.05) is 4.89 Å². The third-order valence-corrected chi connectivity index (χ3v) is 3.34. The second kappa shape index (κ2) is 6.32. The molecule has 0 bridgehead atoms. The minimum atomic E-state index is -4.08. The molecule has 0 spiro atoms. The number of rotatable bonds is 7. The van der Waals surface area contributed by atoms with Gasteiger partial charge in [-0.2, -0.15) is 0 Å². The Morgan fingerprint density at radius 3 is 2.45 bits per heavy atom. The van der Waals surface area contributed by atoms with E-state index >= 15 is 0 Å². The quantitative estimate of drug-likeness (QED) is 0.521. The first-order chi connectivity index (χ1) is 9.27. The summed E-state index contributed by atoms with van der Waals surface area (Å²) in [6, 6.07) is 3.47. The fraction of sp³-hybridized carbons (Fsp3) is 0.200. The third kappa shape index (κ3) is 3.91. The van der Waals surface area contributed by atoms with Crippen LogP contribution < -0.4 is 21.1 Å². The molecule has 0 aliphatic heterocycles. The van der Waals surface area contributed by atoms with Gasteiger partial charge in [0.2, 0.25) is 5.91 Å². The van der Waals surface area contributed by atoms with Gasteiger partial charge in [0, 0.05) is 0 Å². The van der Waals surface area contributed by atoms with Gasteiger partial charge in [-0.15, -0.1) is 0 Å². The molecule has 0 aliphatic rings. The van der Waals surface area contributed by atoms with Crippen LogP contribution in [0.25, 0.3) is 0 Å². The van der Waals surface area contributed by atoms with E-state index in [2.05, 4.69) is 4.84 Å². The second-order valence-corrected chi connectivity index (χ2v) is 5.21. The predicted molar refractivity (Wildman–Crippen MR) is 67.0 cm³/mol. The van der Waals surface area contributed by atoms with E-state index in [0.29, 0.717) is 0 Å². The summed E-state index contributed by atoms with van der Waals surface area (Å²) in [6.07, 6.45) is 0. The number of carbonyl (C=O) groups excluding carboxylic acids is 2. The lowest BCUT2D eigenvalue weighted by Crippen LogP contribution is -2.29. The van der Waals surface area contributed by atoms with E-state index in [1.165, 1.54) is 19.2 Å². The normalized spacial score (nSPS) is 11.1. The van der Waals surface area contributed by atoms with Crippen molar-refractivity contribution in [2.24, 2.45) is 11.5 Å². The van der Waals surface area contributed by atoms with Gasteiger partial charge in [-0.05, 0) is 18.2 Å². The first-order valence-electron chi connectivity index (χ1n) is 5.17. The highest BCUT2D eigenvalue weighted by Gasteiger charge is 2.19. The van der Waals surface area contributed by atoms with Crippen molar-refractivity contribution in [3.63, 3.8) is 0 Å². The monoisotopic (exact) mass is 303 g/mol. The van der Waals surface area contributed by atoms with Crippen molar-refractivity contribution in [1.82, 2.24) is 4.89 Å². The molecule has 2 amide bonds. The SMILES string of the molecule is COc1ccc(S(=O)(=O)NOCC(N)=O)cc1C(N)=O. The van der Waals surface area contributed by atoms with Gasteiger partial charge in [0.25, 0.3) is 15.9 Å². The minimum absolute atomic E-state index is 0.106. The summed E-state index contributed by atoms with van der Waals surface area (Å²) in [7, 11) is -2.77. The molecule has 1 rings (SSSR count). The van der Waals surface area contributed by atoms with Crippen molar-refractivity contribution in [3.8, 4) is 5.75 Å². The number of primary amides is 2. The summed E-state index contributed by atoms with van der Waals surface area (Å²) < 4.78 is 28.5. The number of sulfonamides is 1. The van der Waals surface area contributed by atoms with Crippen molar-refractivity contribution >= 4 is 21.8 Å². The first-order valence-corrected chi connectivity index (χ1v) is 6.66. The summed E-state index contributed by atoms with van der Waals surface area (Å²) in [5, 5.41) is 0. The van der Waals surface area contributed by atoms with Crippen molar-refractivity contribution in [3.05, 3.63) is 23.8 Å². The molecule has 0 radical (unpaired) electrons. The van der Waals surface area contributed by atoms with Gasteiger partial charge in [-0.25, -0.2) is 8.42 Å². The molecule has 20 heavy (non-hydrogen) atoms. The van der Waals surface area contributed by atoms with Crippen molar-refractivity contribution in [2.45, 2.75) is 4.90 Å². The van der Waals surface area contributed by atoms with Crippen molar-refractivity contribution < 1.29 is 27.6 Å². The second-order valence-electron chi connectivity index (χ2n) is 3.57. The Bertz CT molecular complexity index is 628. The van der Waals surface area contributed by atoms with Gasteiger partial charge < -0.3 is 16.2 Å². The summed E-state index contributed by atoms with van der Waals surface area (Å²) in [4.78, 5) is 27.5. The topological polar surface area (TPSA) is 151 Å². The highest BCUT2D eigenvalue weighted by Crippen LogP contribution is 2.21. The molecule has 0 saturated carbocycles. The summed E-state index contributed by atoms with van der Waals surface area (Å²) in [5.41, 5.74) is 9.80. The van der Waals surface area contributed by atoms with Gasteiger partial charge in [0.15, 0.2) is 0 Å². The Balaban J connectivity index is 3.04. The lowest BCUT2D eigenvalue weighted by Gasteiger charge is -2.09. The molecule has 0 unspecified atom stereocenters. The average molecular weight is 303 g/mol. The van der Waals surface area contributed by atoms with Crippen molar-refractivity contribution in [2.75, 3.05) is 13.7 Å². The van der Waals surface area contributed by atoms with Crippen molar-refractivity contribution in [1.29, 1.82) is 0 Å². The molecular formula is C10H13N3O6S. The number of ether oxygens (including phenoxy) is 1. The smallest absolute Gasteiger partial charge is 0.262 e. The molecule has 0 fully saturated rings. The number of methoxy groups -OCH3 is 1. The van der Waals surface area contributed by atoms with Crippen LogP contribution in [0.15, 0.2) is 23.1 Å². The zero-order valence-electron chi connectivity index (χ0n) is 10.5. The van der Waals surface area contributed by atoms with Gasteiger partial charge in [0.1, 0.15) is 12.4 Å². The molecule has 110 valence electrons. The molecule has 9 nitrogen and oxygen atoms in total. The highest BCUT2D eigenvalue weighted by molar-refractivity contribution is 7.89. The number of benzene rings is 1. The van der Waals surface area contributed by atoms with Crippen LogP contribution in [-0.2, 0) is 19.7 Å². The molecule has 1 aromatic rings. The van der Waals surface area contributed by atoms with E-state index in [1.807, 2.05) is 0 Å². The fourth-order valence-corrected chi connectivity index (χ4v) is 2.10. The molecule has 0 aromatic heterocycles. The predicted octanol–water partition coefficient (Wildman–Crippen LogP) is -1.51. The van der Waals surface area contributed by atoms with Crippen LogP contribution in [0.5, 0.6) is 5.75 Å². The summed E-state index contributed by atoms with van der Waals surface area (Å²) in [5.74, 6) is -1.56. The molecular weight excluding hydrogens is 290 g/mol. The third-order valence-electron chi connectivity index (χ3n) is 2.13. The Labute approximate surface area is 114 Å². The molecule has 0 atom stereocenters. The van der Waals surface area contributed by atoms with E-state index < -0.39 is 28.4 Å². The number of nitrogens with two attached hydrogens (primary N) is 2. The molecule has 1 aromatic carbocycles. The maximum absolute atomic E-state index is 11.8. The van der Waals surface area contributed by atoms with E-state index in [1.54, 1.807) is 4.89 Å². The van der Waals surface area contributed by atoms with E-state index in [9.17, 15) is 18.0 Å². The number of carbonyl (C=O) groups is 2. The first kappa shape index (κ1) is 15.9. The lowest BCUT2D eigenvalue weighted by molar-refractivity contribution is -0.123. The van der Waals surface area contributed by atoms with Gasteiger partial charge in [-0.3, -0.25) is 14.4 Å². The molecule has 0 heterocycles. The van der Waals surface area contributed by atoms with Crippen LogP contribution in [0.1, 0.15) is 10.4 Å². The van der Waals surface area contributed by atoms with Crippen LogP contribution in [0.2, 0.25) is 0 Å². The Morgan fingerprint density at radius 1 is 1.30 bits per heavy atom. The molecule has 10 heteroatoms. The maximum atomic E-state index is 11.8. The van der Waals surface area contributed by atoms with Gasteiger partial charge in [0.05, 0.1) is 17.6 Å². The van der Waals surface area contributed by atoms with Crippen LogP contribution in [0, 0.1) is 0 Å². The average Bonchev–Trinajstić information content (AvgIpc) is 2.37.